The molecule has 6 heteroatoms. The third-order valence-electron chi connectivity index (χ3n) is 5.19. The van der Waals surface area contributed by atoms with E-state index in [9.17, 15) is 0 Å². The molecular formula is C24H26N6. The van der Waals surface area contributed by atoms with Gasteiger partial charge in [0.25, 0.3) is 0 Å². The molecule has 0 fully saturated rings. The molecule has 4 rings (SSSR count). The van der Waals surface area contributed by atoms with Crippen molar-refractivity contribution in [3.05, 3.63) is 85.3 Å². The van der Waals surface area contributed by atoms with Gasteiger partial charge in [0.15, 0.2) is 5.82 Å². The van der Waals surface area contributed by atoms with Crippen LogP contribution in [0, 0.1) is 0 Å². The van der Waals surface area contributed by atoms with Crippen LogP contribution in [0.4, 0.5) is 17.3 Å². The topological polar surface area (TPSA) is 70.3 Å². The quantitative estimate of drug-likeness (QED) is 0.668. The van der Waals surface area contributed by atoms with Crippen molar-refractivity contribution in [3.63, 3.8) is 0 Å². The molecule has 0 saturated carbocycles. The third kappa shape index (κ3) is 3.98. The second-order valence-electron chi connectivity index (χ2n) is 7.36. The van der Waals surface area contributed by atoms with E-state index in [1.807, 2.05) is 48.5 Å². The predicted molar refractivity (Wildman–Crippen MR) is 125 cm³/mol. The molecule has 0 atom stereocenters. The molecule has 2 aromatic heterocycles. The summed E-state index contributed by atoms with van der Waals surface area (Å²) in [6, 6.07) is 17.9. The molecule has 152 valence electrons. The first-order valence-electron chi connectivity index (χ1n) is 9.95. The minimum Gasteiger partial charge on any atom is -0.399 e. The molecule has 0 radical (unpaired) electrons. The number of rotatable bonds is 5. The Balaban J connectivity index is 1.73. The van der Waals surface area contributed by atoms with E-state index in [1.165, 1.54) is 0 Å². The molecule has 3 aromatic rings. The van der Waals surface area contributed by atoms with Crippen LogP contribution in [0.25, 0.3) is 17.0 Å². The summed E-state index contributed by atoms with van der Waals surface area (Å²) in [6.07, 6.45) is 2.75. The maximum atomic E-state index is 5.89. The van der Waals surface area contributed by atoms with Crippen LogP contribution in [0.1, 0.15) is 12.0 Å². The van der Waals surface area contributed by atoms with E-state index in [2.05, 4.69) is 46.4 Å². The largest absolute Gasteiger partial charge is 0.399 e. The lowest BCUT2D eigenvalue weighted by Gasteiger charge is -2.27. The van der Waals surface area contributed by atoms with E-state index in [4.69, 9.17) is 10.7 Å². The number of pyridine rings is 2. The standard InChI is InChI=1S/C24H26N6/c1-17(25)19-8-6-9-20(16-19)21-11-12-22-24(28-21)30(15-7-14-29(22)3)18(2)27-23-10-4-5-13-26-23/h4-6,8-13,16H,1-2,7,14-15,25H2,3H3,(H,26,27). The minimum atomic E-state index is 0.543. The predicted octanol–water partition coefficient (Wildman–Crippen LogP) is 4.30. The average Bonchev–Trinajstić information content (AvgIpc) is 2.93. The molecule has 1 aliphatic heterocycles. The fourth-order valence-corrected chi connectivity index (χ4v) is 3.58. The number of aromatic nitrogens is 2. The van der Waals surface area contributed by atoms with Gasteiger partial charge in [0.05, 0.1) is 11.4 Å². The number of fused-ring (bicyclic) bond motifs is 1. The Hall–Kier alpha value is -3.80. The lowest BCUT2D eigenvalue weighted by atomic mass is 10.1. The molecule has 0 unspecified atom stereocenters. The van der Waals surface area contributed by atoms with Gasteiger partial charge in [-0.3, -0.25) is 0 Å². The van der Waals surface area contributed by atoms with Gasteiger partial charge in [-0.05, 0) is 42.3 Å². The summed E-state index contributed by atoms with van der Waals surface area (Å²) in [5, 5.41) is 3.31. The first-order chi connectivity index (χ1) is 14.5. The van der Waals surface area contributed by atoms with Gasteiger partial charge in [-0.1, -0.05) is 37.4 Å². The first-order valence-corrected chi connectivity index (χ1v) is 9.95. The van der Waals surface area contributed by atoms with Crippen LogP contribution < -0.4 is 20.9 Å². The molecule has 0 bridgehead atoms. The van der Waals surface area contributed by atoms with Crippen molar-refractivity contribution < 1.29 is 0 Å². The lowest BCUT2D eigenvalue weighted by Crippen LogP contribution is -2.28. The molecule has 1 aliphatic rings. The van der Waals surface area contributed by atoms with Crippen molar-refractivity contribution in [2.45, 2.75) is 6.42 Å². The van der Waals surface area contributed by atoms with Crippen molar-refractivity contribution >= 4 is 23.0 Å². The van der Waals surface area contributed by atoms with Gasteiger partial charge in [0.1, 0.15) is 11.6 Å². The van der Waals surface area contributed by atoms with Gasteiger partial charge >= 0.3 is 0 Å². The van der Waals surface area contributed by atoms with E-state index < -0.39 is 0 Å². The Morgan fingerprint density at radius 1 is 1.07 bits per heavy atom. The molecule has 30 heavy (non-hydrogen) atoms. The second-order valence-corrected chi connectivity index (χ2v) is 7.36. The smallest absolute Gasteiger partial charge is 0.158 e. The lowest BCUT2D eigenvalue weighted by molar-refractivity contribution is 0.789. The zero-order chi connectivity index (χ0) is 21.1. The Kier molecular flexibility index (Phi) is 5.39. The average molecular weight is 399 g/mol. The molecule has 6 nitrogen and oxygen atoms in total. The molecule has 0 aliphatic carbocycles. The SMILES string of the molecule is C=C(N)c1cccc(-c2ccc3c(n2)N(C(=C)Nc2ccccn2)CCCN3C)c1. The van der Waals surface area contributed by atoms with Crippen molar-refractivity contribution in [1.29, 1.82) is 0 Å². The fraction of sp³-hybridized carbons (Fsp3) is 0.167. The molecule has 3 heterocycles. The summed E-state index contributed by atoms with van der Waals surface area (Å²) in [5.74, 6) is 2.38. The van der Waals surface area contributed by atoms with Crippen molar-refractivity contribution in [1.82, 2.24) is 9.97 Å². The molecule has 3 N–H and O–H groups in total. The summed E-state index contributed by atoms with van der Waals surface area (Å²) < 4.78 is 0. The Bertz CT molecular complexity index is 1080. The zero-order valence-corrected chi connectivity index (χ0v) is 17.2. The normalized spacial score (nSPS) is 13.4. The Labute approximate surface area is 177 Å². The van der Waals surface area contributed by atoms with E-state index in [-0.39, 0.29) is 0 Å². The number of anilines is 3. The maximum absolute atomic E-state index is 5.89. The molecule has 0 saturated heterocycles. The number of hydrogen-bond acceptors (Lipinski definition) is 6. The maximum Gasteiger partial charge on any atom is 0.158 e. The van der Waals surface area contributed by atoms with Crippen LogP contribution in [0.3, 0.4) is 0 Å². The van der Waals surface area contributed by atoms with Crippen LogP contribution in [0.5, 0.6) is 0 Å². The second kappa shape index (κ2) is 8.29. The van der Waals surface area contributed by atoms with Gasteiger partial charge in [0, 0.05) is 37.6 Å². The van der Waals surface area contributed by atoms with Crippen LogP contribution >= 0.6 is 0 Å². The summed E-state index contributed by atoms with van der Waals surface area (Å²) in [6.45, 7) is 9.87. The highest BCUT2D eigenvalue weighted by atomic mass is 15.3. The van der Waals surface area contributed by atoms with E-state index in [0.717, 1.165) is 59.5 Å². The van der Waals surface area contributed by atoms with Gasteiger partial charge in [-0.25, -0.2) is 9.97 Å². The highest BCUT2D eigenvalue weighted by Crippen LogP contribution is 2.34. The van der Waals surface area contributed by atoms with Crippen molar-refractivity contribution in [2.24, 2.45) is 5.73 Å². The summed E-state index contributed by atoms with van der Waals surface area (Å²) in [4.78, 5) is 13.7. The van der Waals surface area contributed by atoms with Crippen LogP contribution in [-0.4, -0.2) is 30.1 Å². The molecule has 1 aromatic carbocycles. The van der Waals surface area contributed by atoms with E-state index in [0.29, 0.717) is 5.70 Å². The number of nitrogens with two attached hydrogens (primary N) is 1. The monoisotopic (exact) mass is 398 g/mol. The summed E-state index contributed by atoms with van der Waals surface area (Å²) in [7, 11) is 2.09. The third-order valence-corrected chi connectivity index (χ3v) is 5.19. The molecule has 0 amide bonds. The number of hydrogen-bond donors (Lipinski definition) is 2. The van der Waals surface area contributed by atoms with Gasteiger partial charge < -0.3 is 20.9 Å². The number of benzene rings is 1. The summed E-state index contributed by atoms with van der Waals surface area (Å²) in [5.41, 5.74) is 10.3. The van der Waals surface area contributed by atoms with Crippen LogP contribution in [-0.2, 0) is 0 Å². The van der Waals surface area contributed by atoms with Crippen LogP contribution in [0.15, 0.2) is 79.8 Å². The highest BCUT2D eigenvalue weighted by Gasteiger charge is 2.23. The van der Waals surface area contributed by atoms with Crippen LogP contribution in [0.2, 0.25) is 0 Å². The Morgan fingerprint density at radius 3 is 2.70 bits per heavy atom. The van der Waals surface area contributed by atoms with E-state index in [1.54, 1.807) is 6.20 Å². The Morgan fingerprint density at radius 2 is 1.93 bits per heavy atom. The highest BCUT2D eigenvalue weighted by molar-refractivity contribution is 5.76. The number of nitrogens with one attached hydrogen (secondary N) is 1. The molecule has 0 spiro atoms. The number of nitrogens with zero attached hydrogens (tertiary/aromatic N) is 4. The zero-order valence-electron chi connectivity index (χ0n) is 17.2. The minimum absolute atomic E-state index is 0.543. The fourth-order valence-electron chi connectivity index (χ4n) is 3.58. The van der Waals surface area contributed by atoms with E-state index >= 15 is 0 Å². The molecular weight excluding hydrogens is 372 g/mol. The van der Waals surface area contributed by atoms with Gasteiger partial charge in [0.2, 0.25) is 0 Å². The summed E-state index contributed by atoms with van der Waals surface area (Å²) >= 11 is 0. The van der Waals surface area contributed by atoms with Gasteiger partial charge in [-0.2, -0.15) is 0 Å². The van der Waals surface area contributed by atoms with Gasteiger partial charge in [-0.15, -0.1) is 0 Å². The first kappa shape index (κ1) is 19.5. The van der Waals surface area contributed by atoms with Crippen molar-refractivity contribution in [3.8, 4) is 11.3 Å². The van der Waals surface area contributed by atoms with Crippen molar-refractivity contribution in [2.75, 3.05) is 35.3 Å².